The predicted molar refractivity (Wildman–Crippen MR) is 133 cm³/mol. The number of H-pyrrole nitrogens is 1. The van der Waals surface area contributed by atoms with Crippen molar-refractivity contribution >= 4 is 34.4 Å². The molecule has 1 amide bonds. The Kier molecular flexibility index (Phi) is 6.07. The SMILES string of the molecule is N#Cc1nc(-c2cc(Cl)c3[nH]ncc3c2)c(-c2ccccc2)nc1NC(=O)OCc1ccccc1. The second-order valence-electron chi connectivity index (χ2n) is 7.57. The summed E-state index contributed by atoms with van der Waals surface area (Å²) in [4.78, 5) is 21.7. The Morgan fingerprint density at radius 3 is 2.46 bits per heavy atom. The van der Waals surface area contributed by atoms with Crippen molar-refractivity contribution in [1.82, 2.24) is 20.2 Å². The summed E-state index contributed by atoms with van der Waals surface area (Å²) in [5.74, 6) is 0.00338. The number of anilines is 1. The molecule has 0 spiro atoms. The molecular formula is C26H17ClN6O2. The molecule has 0 unspecified atom stereocenters. The second-order valence-corrected chi connectivity index (χ2v) is 7.98. The standard InChI is InChI=1S/C26H17ClN6O2/c27-20-12-18(11-19-14-29-33-22(19)20)24-23(17-9-5-2-6-10-17)31-25(21(13-28)30-24)32-26(34)35-15-16-7-3-1-4-8-16/h1-12,14H,15H2,(H,29,33)(H,31,32,34). The van der Waals surface area contributed by atoms with Crippen molar-refractivity contribution in [2.45, 2.75) is 6.61 Å². The summed E-state index contributed by atoms with van der Waals surface area (Å²) in [5.41, 5.74) is 3.81. The molecule has 5 aromatic rings. The molecule has 2 heterocycles. The molecule has 3 aromatic carbocycles. The third-order valence-corrected chi connectivity index (χ3v) is 5.55. The summed E-state index contributed by atoms with van der Waals surface area (Å²) in [6.45, 7) is 0.0782. The fourth-order valence-electron chi connectivity index (χ4n) is 3.61. The van der Waals surface area contributed by atoms with Crippen molar-refractivity contribution < 1.29 is 9.53 Å². The first-order valence-corrected chi connectivity index (χ1v) is 11.0. The van der Waals surface area contributed by atoms with E-state index in [0.29, 0.717) is 27.5 Å². The molecule has 0 bridgehead atoms. The van der Waals surface area contributed by atoms with Crippen molar-refractivity contribution in [3.05, 3.63) is 95.3 Å². The molecule has 170 valence electrons. The fourth-order valence-corrected chi connectivity index (χ4v) is 3.87. The molecule has 0 aliphatic heterocycles. The van der Waals surface area contributed by atoms with Crippen LogP contribution in [0.4, 0.5) is 10.6 Å². The van der Waals surface area contributed by atoms with E-state index in [9.17, 15) is 10.1 Å². The minimum Gasteiger partial charge on any atom is -0.444 e. The molecule has 0 aliphatic rings. The largest absolute Gasteiger partial charge is 0.444 e. The summed E-state index contributed by atoms with van der Waals surface area (Å²) < 4.78 is 5.29. The van der Waals surface area contributed by atoms with Crippen LogP contribution in [0.2, 0.25) is 5.02 Å². The number of amides is 1. The predicted octanol–water partition coefficient (Wildman–Crippen LogP) is 5.96. The molecule has 2 N–H and O–H groups in total. The van der Waals surface area contributed by atoms with Gasteiger partial charge in [0.1, 0.15) is 12.7 Å². The van der Waals surface area contributed by atoms with E-state index in [0.717, 1.165) is 16.5 Å². The van der Waals surface area contributed by atoms with Crippen LogP contribution in [-0.4, -0.2) is 26.3 Å². The second kappa shape index (κ2) is 9.63. The van der Waals surface area contributed by atoms with Crippen LogP contribution < -0.4 is 5.32 Å². The maximum absolute atomic E-state index is 12.5. The molecule has 9 heteroatoms. The van der Waals surface area contributed by atoms with Crippen LogP contribution in [0, 0.1) is 11.3 Å². The normalized spacial score (nSPS) is 10.6. The molecule has 0 fully saturated rings. The number of benzene rings is 3. The Hall–Kier alpha value is -4.74. The quantitative estimate of drug-likeness (QED) is 0.320. The van der Waals surface area contributed by atoms with E-state index >= 15 is 0 Å². The van der Waals surface area contributed by atoms with Crippen LogP contribution in [-0.2, 0) is 11.3 Å². The lowest BCUT2D eigenvalue weighted by Crippen LogP contribution is -2.16. The first-order chi connectivity index (χ1) is 17.1. The van der Waals surface area contributed by atoms with Gasteiger partial charge in [0.25, 0.3) is 0 Å². The number of nitrogens with one attached hydrogen (secondary N) is 2. The van der Waals surface area contributed by atoms with E-state index in [-0.39, 0.29) is 18.1 Å². The van der Waals surface area contributed by atoms with Crippen molar-refractivity contribution in [2.75, 3.05) is 5.32 Å². The molecule has 0 saturated carbocycles. The van der Waals surface area contributed by atoms with Crippen molar-refractivity contribution in [1.29, 1.82) is 5.26 Å². The summed E-state index contributed by atoms with van der Waals surface area (Å²) in [6.07, 6.45) is 0.916. The zero-order valence-electron chi connectivity index (χ0n) is 18.2. The van der Waals surface area contributed by atoms with Crippen LogP contribution in [0.1, 0.15) is 11.3 Å². The highest BCUT2D eigenvalue weighted by atomic mass is 35.5. The minimum atomic E-state index is -0.741. The third-order valence-electron chi connectivity index (χ3n) is 5.26. The number of carbonyl (C=O) groups excluding carboxylic acids is 1. The molecule has 0 aliphatic carbocycles. The average molecular weight is 481 g/mol. The van der Waals surface area contributed by atoms with Gasteiger partial charge in [0.05, 0.1) is 28.1 Å². The third kappa shape index (κ3) is 4.67. The van der Waals surface area contributed by atoms with Gasteiger partial charge in [-0.3, -0.25) is 10.4 Å². The van der Waals surface area contributed by atoms with Gasteiger partial charge in [-0.15, -0.1) is 0 Å². The highest BCUT2D eigenvalue weighted by Crippen LogP contribution is 2.35. The molecule has 0 radical (unpaired) electrons. The zero-order chi connectivity index (χ0) is 24.2. The van der Waals surface area contributed by atoms with E-state index in [1.54, 1.807) is 12.3 Å². The van der Waals surface area contributed by atoms with E-state index in [2.05, 4.69) is 25.5 Å². The van der Waals surface area contributed by atoms with Gasteiger partial charge >= 0.3 is 6.09 Å². The fraction of sp³-hybridized carbons (Fsp3) is 0.0385. The number of rotatable bonds is 5. The van der Waals surface area contributed by atoms with Crippen LogP contribution in [0.25, 0.3) is 33.4 Å². The highest BCUT2D eigenvalue weighted by molar-refractivity contribution is 6.35. The van der Waals surface area contributed by atoms with Crippen molar-refractivity contribution in [3.63, 3.8) is 0 Å². The smallest absolute Gasteiger partial charge is 0.413 e. The molecular weight excluding hydrogens is 464 g/mol. The first-order valence-electron chi connectivity index (χ1n) is 10.6. The van der Waals surface area contributed by atoms with Gasteiger partial charge in [-0.25, -0.2) is 14.8 Å². The molecule has 0 saturated heterocycles. The number of hydrogen-bond donors (Lipinski definition) is 2. The summed E-state index contributed by atoms with van der Waals surface area (Å²) in [6, 6.07) is 24.3. The Balaban J connectivity index is 1.55. The lowest BCUT2D eigenvalue weighted by molar-refractivity contribution is 0.155. The number of carbonyl (C=O) groups is 1. The lowest BCUT2D eigenvalue weighted by atomic mass is 10.0. The van der Waals surface area contributed by atoms with Gasteiger partial charge in [0.15, 0.2) is 11.5 Å². The number of ether oxygens (including phenoxy) is 1. The Morgan fingerprint density at radius 1 is 1.00 bits per heavy atom. The minimum absolute atomic E-state index is 0.00338. The first kappa shape index (κ1) is 22.1. The molecule has 2 aromatic heterocycles. The number of nitriles is 1. The maximum atomic E-state index is 12.5. The van der Waals surface area contributed by atoms with E-state index in [1.807, 2.05) is 72.8 Å². The van der Waals surface area contributed by atoms with Gasteiger partial charge in [-0.05, 0) is 17.7 Å². The highest BCUT2D eigenvalue weighted by Gasteiger charge is 2.20. The van der Waals surface area contributed by atoms with Gasteiger partial charge in [0.2, 0.25) is 0 Å². The Labute approximate surface area is 205 Å². The Morgan fingerprint density at radius 2 is 1.71 bits per heavy atom. The molecule has 35 heavy (non-hydrogen) atoms. The van der Waals surface area contributed by atoms with Crippen LogP contribution in [0.15, 0.2) is 79.0 Å². The number of hydrogen-bond acceptors (Lipinski definition) is 6. The topological polar surface area (TPSA) is 117 Å². The van der Waals surface area contributed by atoms with Gasteiger partial charge in [-0.1, -0.05) is 72.3 Å². The monoisotopic (exact) mass is 480 g/mol. The van der Waals surface area contributed by atoms with Crippen LogP contribution in [0.3, 0.4) is 0 Å². The number of aromatic nitrogens is 4. The van der Waals surface area contributed by atoms with Gasteiger partial charge in [-0.2, -0.15) is 10.4 Å². The Bertz CT molecular complexity index is 1560. The summed E-state index contributed by atoms with van der Waals surface area (Å²) in [5, 5.41) is 20.5. The summed E-state index contributed by atoms with van der Waals surface area (Å²) >= 11 is 6.45. The van der Waals surface area contributed by atoms with Crippen LogP contribution >= 0.6 is 11.6 Å². The van der Waals surface area contributed by atoms with Gasteiger partial charge < -0.3 is 4.74 Å². The van der Waals surface area contributed by atoms with E-state index < -0.39 is 6.09 Å². The molecule has 0 atom stereocenters. The summed E-state index contributed by atoms with van der Waals surface area (Å²) in [7, 11) is 0. The number of aromatic amines is 1. The number of nitrogens with zero attached hydrogens (tertiary/aromatic N) is 4. The van der Waals surface area contributed by atoms with Crippen LogP contribution in [0.5, 0.6) is 0 Å². The maximum Gasteiger partial charge on any atom is 0.413 e. The van der Waals surface area contributed by atoms with Gasteiger partial charge in [0, 0.05) is 16.5 Å². The van der Waals surface area contributed by atoms with Crippen molar-refractivity contribution in [3.8, 4) is 28.6 Å². The average Bonchev–Trinajstić information content (AvgIpc) is 3.38. The van der Waals surface area contributed by atoms with E-state index in [1.165, 1.54) is 0 Å². The zero-order valence-corrected chi connectivity index (χ0v) is 19.0. The number of halogens is 1. The molecule has 5 rings (SSSR count). The number of fused-ring (bicyclic) bond motifs is 1. The van der Waals surface area contributed by atoms with Crippen molar-refractivity contribution in [2.24, 2.45) is 0 Å². The van der Waals surface area contributed by atoms with E-state index in [4.69, 9.17) is 16.3 Å². The molecule has 8 nitrogen and oxygen atoms in total. The lowest BCUT2D eigenvalue weighted by Gasteiger charge is -2.13.